The van der Waals surface area contributed by atoms with Crippen LogP contribution in [0.2, 0.25) is 0 Å². The molecule has 1 aromatic rings. The Morgan fingerprint density at radius 2 is 2.29 bits per heavy atom. The Labute approximate surface area is 110 Å². The van der Waals surface area contributed by atoms with Gasteiger partial charge in [0.25, 0.3) is 0 Å². The molecule has 17 heavy (non-hydrogen) atoms. The van der Waals surface area contributed by atoms with Gasteiger partial charge < -0.3 is 10.6 Å². The van der Waals surface area contributed by atoms with Crippen LogP contribution in [0.3, 0.4) is 0 Å². The number of nitrogens with one attached hydrogen (secondary N) is 2. The molecule has 1 atom stereocenters. The minimum absolute atomic E-state index is 0.422. The summed E-state index contributed by atoms with van der Waals surface area (Å²) in [6, 6.07) is 8.44. The van der Waals surface area contributed by atoms with Crippen LogP contribution in [-0.4, -0.2) is 19.1 Å². The van der Waals surface area contributed by atoms with Gasteiger partial charge >= 0.3 is 0 Å². The molecule has 90 valence electrons. The smallest absolute Gasteiger partial charge is 0.101 e. The Bertz CT molecular complexity index is 417. The lowest BCUT2D eigenvalue weighted by atomic mass is 10.1. The number of hydrogen-bond acceptors (Lipinski definition) is 3. The SMILES string of the molecule is N#Cc1cc(Br)ccc1NC1CCCCNC1. The Morgan fingerprint density at radius 3 is 3.12 bits per heavy atom. The number of anilines is 1. The van der Waals surface area contributed by atoms with Crippen LogP contribution in [0.15, 0.2) is 22.7 Å². The van der Waals surface area contributed by atoms with Gasteiger partial charge in [-0.25, -0.2) is 0 Å². The highest BCUT2D eigenvalue weighted by Crippen LogP contribution is 2.22. The van der Waals surface area contributed by atoms with Gasteiger partial charge in [-0.3, -0.25) is 0 Å². The molecule has 2 N–H and O–H groups in total. The van der Waals surface area contributed by atoms with E-state index in [-0.39, 0.29) is 0 Å². The van der Waals surface area contributed by atoms with Gasteiger partial charge in [-0.05, 0) is 37.6 Å². The van der Waals surface area contributed by atoms with Crippen LogP contribution in [-0.2, 0) is 0 Å². The summed E-state index contributed by atoms with van der Waals surface area (Å²) < 4.78 is 0.943. The highest BCUT2D eigenvalue weighted by atomic mass is 79.9. The fourth-order valence-corrected chi connectivity index (χ4v) is 2.46. The molecule has 1 aliphatic heterocycles. The Morgan fingerprint density at radius 1 is 1.41 bits per heavy atom. The zero-order chi connectivity index (χ0) is 12.1. The van der Waals surface area contributed by atoms with E-state index in [2.05, 4.69) is 32.6 Å². The molecule has 3 nitrogen and oxygen atoms in total. The molecule has 0 aromatic heterocycles. The first kappa shape index (κ1) is 12.4. The van der Waals surface area contributed by atoms with E-state index in [1.54, 1.807) is 0 Å². The van der Waals surface area contributed by atoms with Crippen molar-refractivity contribution in [2.75, 3.05) is 18.4 Å². The zero-order valence-electron chi connectivity index (χ0n) is 9.67. The molecule has 4 heteroatoms. The van der Waals surface area contributed by atoms with Crippen LogP contribution in [0.5, 0.6) is 0 Å². The zero-order valence-corrected chi connectivity index (χ0v) is 11.3. The van der Waals surface area contributed by atoms with Crippen LogP contribution in [0.1, 0.15) is 24.8 Å². The average Bonchev–Trinajstić information content (AvgIpc) is 2.60. The van der Waals surface area contributed by atoms with Crippen LogP contribution < -0.4 is 10.6 Å². The van der Waals surface area contributed by atoms with Gasteiger partial charge in [0.15, 0.2) is 0 Å². The molecule has 0 radical (unpaired) electrons. The minimum atomic E-state index is 0.422. The maximum Gasteiger partial charge on any atom is 0.101 e. The molecular weight excluding hydrogens is 278 g/mol. The number of hydrogen-bond donors (Lipinski definition) is 2. The number of nitrogens with zero attached hydrogens (tertiary/aromatic N) is 1. The van der Waals surface area contributed by atoms with Crippen molar-refractivity contribution in [2.24, 2.45) is 0 Å². The monoisotopic (exact) mass is 293 g/mol. The third-order valence-corrected chi connectivity index (χ3v) is 3.50. The summed E-state index contributed by atoms with van der Waals surface area (Å²) in [6.07, 6.45) is 3.64. The van der Waals surface area contributed by atoms with E-state index in [1.165, 1.54) is 12.8 Å². The van der Waals surface area contributed by atoms with Crippen LogP contribution in [0.25, 0.3) is 0 Å². The van der Waals surface area contributed by atoms with Gasteiger partial charge in [-0.15, -0.1) is 0 Å². The summed E-state index contributed by atoms with van der Waals surface area (Å²) in [4.78, 5) is 0. The summed E-state index contributed by atoms with van der Waals surface area (Å²) in [5.74, 6) is 0. The Balaban J connectivity index is 2.09. The summed E-state index contributed by atoms with van der Waals surface area (Å²) in [6.45, 7) is 2.07. The van der Waals surface area contributed by atoms with Crippen molar-refractivity contribution < 1.29 is 0 Å². The molecule has 0 spiro atoms. The second kappa shape index (κ2) is 6.04. The third-order valence-electron chi connectivity index (χ3n) is 3.01. The van der Waals surface area contributed by atoms with Gasteiger partial charge in [0.2, 0.25) is 0 Å². The molecule has 0 bridgehead atoms. The summed E-state index contributed by atoms with van der Waals surface area (Å²) >= 11 is 3.38. The lowest BCUT2D eigenvalue weighted by Crippen LogP contribution is -2.31. The fraction of sp³-hybridized carbons (Fsp3) is 0.462. The maximum absolute atomic E-state index is 9.10. The second-order valence-corrected chi connectivity index (χ2v) is 5.26. The summed E-state index contributed by atoms with van der Waals surface area (Å²) in [5.41, 5.74) is 1.63. The van der Waals surface area contributed by atoms with Crippen LogP contribution >= 0.6 is 15.9 Å². The maximum atomic E-state index is 9.10. The third kappa shape index (κ3) is 3.45. The quantitative estimate of drug-likeness (QED) is 0.881. The normalized spacial score (nSPS) is 20.4. The van der Waals surface area contributed by atoms with Gasteiger partial charge in [0, 0.05) is 17.1 Å². The molecular formula is C13H16BrN3. The van der Waals surface area contributed by atoms with Crippen molar-refractivity contribution in [1.82, 2.24) is 5.32 Å². The number of rotatable bonds is 2. The van der Waals surface area contributed by atoms with Crippen molar-refractivity contribution in [1.29, 1.82) is 5.26 Å². The van der Waals surface area contributed by atoms with Crippen molar-refractivity contribution >= 4 is 21.6 Å². The lowest BCUT2D eigenvalue weighted by molar-refractivity contribution is 0.636. The van der Waals surface area contributed by atoms with E-state index < -0.39 is 0 Å². The first-order chi connectivity index (χ1) is 8.29. The van der Waals surface area contributed by atoms with Gasteiger partial charge in [-0.1, -0.05) is 22.4 Å². The molecule has 1 saturated heterocycles. The molecule has 1 fully saturated rings. The molecule has 1 heterocycles. The summed E-state index contributed by atoms with van der Waals surface area (Å²) in [7, 11) is 0. The molecule has 1 aliphatic rings. The predicted octanol–water partition coefficient (Wildman–Crippen LogP) is 2.87. The highest BCUT2D eigenvalue weighted by molar-refractivity contribution is 9.10. The van der Waals surface area contributed by atoms with E-state index in [1.807, 2.05) is 18.2 Å². The highest BCUT2D eigenvalue weighted by Gasteiger charge is 2.13. The minimum Gasteiger partial charge on any atom is -0.380 e. The first-order valence-corrected chi connectivity index (χ1v) is 6.76. The first-order valence-electron chi connectivity index (χ1n) is 5.96. The number of halogens is 1. The standard InChI is InChI=1S/C13H16BrN3/c14-11-4-5-13(10(7-11)8-15)17-12-3-1-2-6-16-9-12/h4-5,7,12,16-17H,1-3,6,9H2. The Hall–Kier alpha value is -1.05. The number of nitriles is 1. The lowest BCUT2D eigenvalue weighted by Gasteiger charge is -2.18. The van der Waals surface area contributed by atoms with E-state index in [4.69, 9.17) is 5.26 Å². The molecule has 1 unspecified atom stereocenters. The van der Waals surface area contributed by atoms with Crippen LogP contribution in [0, 0.1) is 11.3 Å². The van der Waals surface area contributed by atoms with E-state index in [0.717, 1.165) is 29.7 Å². The second-order valence-electron chi connectivity index (χ2n) is 4.34. The average molecular weight is 294 g/mol. The van der Waals surface area contributed by atoms with Gasteiger partial charge in [-0.2, -0.15) is 5.26 Å². The van der Waals surface area contributed by atoms with Gasteiger partial charge in [0.05, 0.1) is 11.3 Å². The molecule has 1 aromatic carbocycles. The van der Waals surface area contributed by atoms with E-state index >= 15 is 0 Å². The van der Waals surface area contributed by atoms with Crippen molar-refractivity contribution in [3.05, 3.63) is 28.2 Å². The molecule has 0 aliphatic carbocycles. The molecule has 0 saturated carbocycles. The fourth-order valence-electron chi connectivity index (χ4n) is 2.10. The predicted molar refractivity (Wildman–Crippen MR) is 73.0 cm³/mol. The molecule has 0 amide bonds. The molecule has 2 rings (SSSR count). The van der Waals surface area contributed by atoms with Crippen molar-refractivity contribution in [3.8, 4) is 6.07 Å². The van der Waals surface area contributed by atoms with Crippen molar-refractivity contribution in [3.63, 3.8) is 0 Å². The van der Waals surface area contributed by atoms with Crippen LogP contribution in [0.4, 0.5) is 5.69 Å². The summed E-state index contributed by atoms with van der Waals surface area (Å²) in [5, 5.41) is 16.0. The largest absolute Gasteiger partial charge is 0.380 e. The van der Waals surface area contributed by atoms with E-state index in [9.17, 15) is 0 Å². The topological polar surface area (TPSA) is 47.9 Å². The van der Waals surface area contributed by atoms with Gasteiger partial charge in [0.1, 0.15) is 6.07 Å². The van der Waals surface area contributed by atoms with Crippen molar-refractivity contribution in [2.45, 2.75) is 25.3 Å². The Kier molecular flexibility index (Phi) is 4.41. The number of benzene rings is 1. The van der Waals surface area contributed by atoms with E-state index in [0.29, 0.717) is 11.6 Å².